The summed E-state index contributed by atoms with van der Waals surface area (Å²) in [6.07, 6.45) is 1.86. The van der Waals surface area contributed by atoms with Gasteiger partial charge in [0, 0.05) is 20.2 Å². The minimum absolute atomic E-state index is 0.341. The second kappa shape index (κ2) is 5.71. The third kappa shape index (κ3) is 3.50. The molecule has 1 aromatic rings. The Morgan fingerprint density at radius 2 is 2.15 bits per heavy atom. The number of rotatable bonds is 5. The van der Waals surface area contributed by atoms with Crippen molar-refractivity contribution in [3.8, 4) is 5.75 Å². The van der Waals surface area contributed by atoms with E-state index in [1.54, 1.807) is 7.11 Å². The first kappa shape index (κ1) is 15.3. The second-order valence-electron chi connectivity index (χ2n) is 5.34. The predicted molar refractivity (Wildman–Crippen MR) is 77.4 cm³/mol. The van der Waals surface area contributed by atoms with Gasteiger partial charge in [0.15, 0.2) is 0 Å². The van der Waals surface area contributed by atoms with Crippen LogP contribution in [0.4, 0.5) is 0 Å². The molecule has 20 heavy (non-hydrogen) atoms. The van der Waals surface area contributed by atoms with Gasteiger partial charge in [-0.15, -0.1) is 0 Å². The molecule has 112 valence electrons. The summed E-state index contributed by atoms with van der Waals surface area (Å²) in [6.45, 7) is 3.16. The van der Waals surface area contributed by atoms with E-state index in [0.717, 1.165) is 11.3 Å². The van der Waals surface area contributed by atoms with E-state index in [-0.39, 0.29) is 0 Å². The smallest absolute Gasteiger partial charge is 0.211 e. The van der Waals surface area contributed by atoms with Crippen LogP contribution in [-0.4, -0.2) is 51.4 Å². The van der Waals surface area contributed by atoms with Crippen LogP contribution in [0, 0.1) is 6.92 Å². The molecule has 1 saturated heterocycles. The molecular formula is C14H21NO4S. The molecule has 0 amide bonds. The number of hydrogen-bond donors (Lipinski definition) is 0. The van der Waals surface area contributed by atoms with E-state index in [2.05, 4.69) is 0 Å². The fourth-order valence-electron chi connectivity index (χ4n) is 2.35. The molecule has 0 radical (unpaired) electrons. The molecule has 5 nitrogen and oxygen atoms in total. The lowest BCUT2D eigenvalue weighted by atomic mass is 10.1. The Morgan fingerprint density at radius 1 is 1.40 bits per heavy atom. The molecule has 1 heterocycles. The van der Waals surface area contributed by atoms with Gasteiger partial charge in [-0.3, -0.25) is 0 Å². The summed E-state index contributed by atoms with van der Waals surface area (Å²) in [7, 11) is -1.57. The first-order valence-corrected chi connectivity index (χ1v) is 8.39. The molecule has 2 rings (SSSR count). The lowest BCUT2D eigenvalue weighted by molar-refractivity contribution is -0.0317. The molecule has 1 aromatic carbocycles. The Balaban J connectivity index is 2.03. The summed E-state index contributed by atoms with van der Waals surface area (Å²) in [5.41, 5.74) is 0.561. The average molecular weight is 299 g/mol. The van der Waals surface area contributed by atoms with E-state index in [1.807, 2.05) is 31.2 Å². The summed E-state index contributed by atoms with van der Waals surface area (Å²) < 4.78 is 35.9. The van der Waals surface area contributed by atoms with Crippen LogP contribution in [0.1, 0.15) is 12.0 Å². The van der Waals surface area contributed by atoms with Crippen molar-refractivity contribution in [1.82, 2.24) is 4.31 Å². The van der Waals surface area contributed by atoms with Gasteiger partial charge in [0.05, 0.1) is 6.26 Å². The summed E-state index contributed by atoms with van der Waals surface area (Å²) >= 11 is 0. The number of nitrogens with zero attached hydrogens (tertiary/aromatic N) is 1. The topological polar surface area (TPSA) is 55.8 Å². The van der Waals surface area contributed by atoms with Crippen LogP contribution in [0.2, 0.25) is 0 Å². The highest BCUT2D eigenvalue weighted by atomic mass is 32.2. The molecule has 0 saturated carbocycles. The van der Waals surface area contributed by atoms with Gasteiger partial charge in [0.1, 0.15) is 18.0 Å². The molecule has 0 spiro atoms. The maximum Gasteiger partial charge on any atom is 0.211 e. The molecule has 6 heteroatoms. The third-order valence-electron chi connectivity index (χ3n) is 3.67. The molecule has 1 unspecified atom stereocenters. The Morgan fingerprint density at radius 3 is 2.70 bits per heavy atom. The van der Waals surface area contributed by atoms with Gasteiger partial charge in [0.2, 0.25) is 10.0 Å². The van der Waals surface area contributed by atoms with Crippen molar-refractivity contribution in [3.63, 3.8) is 0 Å². The van der Waals surface area contributed by atoms with Crippen molar-refractivity contribution in [2.75, 3.05) is 33.1 Å². The van der Waals surface area contributed by atoms with Crippen LogP contribution in [0.3, 0.4) is 0 Å². The Bertz CT molecular complexity index is 572. The van der Waals surface area contributed by atoms with Crippen molar-refractivity contribution in [3.05, 3.63) is 29.8 Å². The Hall–Kier alpha value is -1.11. The second-order valence-corrected chi connectivity index (χ2v) is 7.32. The van der Waals surface area contributed by atoms with Crippen molar-refractivity contribution in [2.45, 2.75) is 18.9 Å². The maximum absolute atomic E-state index is 11.6. The highest BCUT2D eigenvalue weighted by molar-refractivity contribution is 7.88. The molecule has 1 aliphatic rings. The first-order chi connectivity index (χ1) is 9.35. The highest BCUT2D eigenvalue weighted by Gasteiger charge is 2.42. The number of ether oxygens (including phenoxy) is 2. The van der Waals surface area contributed by atoms with Crippen molar-refractivity contribution in [2.24, 2.45) is 0 Å². The van der Waals surface area contributed by atoms with Crippen molar-refractivity contribution in [1.29, 1.82) is 0 Å². The van der Waals surface area contributed by atoms with Gasteiger partial charge >= 0.3 is 0 Å². The molecular weight excluding hydrogens is 278 g/mol. The monoisotopic (exact) mass is 299 g/mol. The van der Waals surface area contributed by atoms with Crippen LogP contribution in [0.5, 0.6) is 5.75 Å². The van der Waals surface area contributed by atoms with E-state index >= 15 is 0 Å². The number of benzene rings is 1. The SMILES string of the molecule is COC1(COc2cccc(C)c2)CCN(S(C)(=O)=O)C1. The zero-order valence-electron chi connectivity index (χ0n) is 12.1. The molecule has 0 N–H and O–H groups in total. The molecule has 0 aromatic heterocycles. The van der Waals surface area contributed by atoms with Crippen LogP contribution in [-0.2, 0) is 14.8 Å². The largest absolute Gasteiger partial charge is 0.491 e. The van der Waals surface area contributed by atoms with E-state index in [0.29, 0.717) is 26.1 Å². The van der Waals surface area contributed by atoms with Crippen LogP contribution in [0.25, 0.3) is 0 Å². The predicted octanol–water partition coefficient (Wildman–Crippen LogP) is 1.42. The Labute approximate surface area is 120 Å². The number of aryl methyl sites for hydroxylation is 1. The van der Waals surface area contributed by atoms with Crippen LogP contribution in [0.15, 0.2) is 24.3 Å². The van der Waals surface area contributed by atoms with E-state index < -0.39 is 15.6 Å². The average Bonchev–Trinajstić information content (AvgIpc) is 2.82. The molecule has 1 atom stereocenters. The lowest BCUT2D eigenvalue weighted by Crippen LogP contribution is -2.42. The van der Waals surface area contributed by atoms with Gasteiger partial charge < -0.3 is 9.47 Å². The first-order valence-electron chi connectivity index (χ1n) is 6.54. The van der Waals surface area contributed by atoms with Crippen LogP contribution < -0.4 is 4.74 Å². The molecule has 0 bridgehead atoms. The normalized spacial score (nSPS) is 23.9. The fourth-order valence-corrected chi connectivity index (χ4v) is 3.25. The van der Waals surface area contributed by atoms with E-state index in [1.165, 1.54) is 10.6 Å². The molecule has 0 aliphatic carbocycles. The summed E-state index contributed by atoms with van der Waals surface area (Å²) in [5, 5.41) is 0. The van der Waals surface area contributed by atoms with Gasteiger partial charge in [-0.25, -0.2) is 8.42 Å². The van der Waals surface area contributed by atoms with Gasteiger partial charge in [-0.1, -0.05) is 12.1 Å². The van der Waals surface area contributed by atoms with Gasteiger partial charge in [0.25, 0.3) is 0 Å². The van der Waals surface area contributed by atoms with Crippen molar-refractivity contribution >= 4 is 10.0 Å². The molecule has 1 aliphatic heterocycles. The van der Waals surface area contributed by atoms with Gasteiger partial charge in [-0.05, 0) is 31.0 Å². The zero-order valence-corrected chi connectivity index (χ0v) is 12.9. The van der Waals surface area contributed by atoms with E-state index in [9.17, 15) is 8.42 Å². The van der Waals surface area contributed by atoms with Crippen LogP contribution >= 0.6 is 0 Å². The lowest BCUT2D eigenvalue weighted by Gasteiger charge is -2.27. The minimum atomic E-state index is -3.18. The quantitative estimate of drug-likeness (QED) is 0.825. The Kier molecular flexibility index (Phi) is 4.36. The van der Waals surface area contributed by atoms with Crippen molar-refractivity contribution < 1.29 is 17.9 Å². The summed E-state index contributed by atoms with van der Waals surface area (Å²) in [5.74, 6) is 0.777. The fraction of sp³-hybridized carbons (Fsp3) is 0.571. The maximum atomic E-state index is 11.6. The summed E-state index contributed by atoms with van der Waals surface area (Å²) in [6, 6.07) is 7.77. The number of methoxy groups -OCH3 is 1. The number of hydrogen-bond acceptors (Lipinski definition) is 4. The molecule has 1 fully saturated rings. The van der Waals surface area contributed by atoms with Gasteiger partial charge in [-0.2, -0.15) is 4.31 Å². The zero-order chi connectivity index (χ0) is 14.8. The standard InChI is InChI=1S/C14H21NO4S/c1-12-5-4-6-13(9-12)19-11-14(18-2)7-8-15(10-14)20(3,16)17/h4-6,9H,7-8,10-11H2,1-3H3. The third-order valence-corrected chi connectivity index (χ3v) is 4.92. The summed E-state index contributed by atoms with van der Waals surface area (Å²) in [4.78, 5) is 0. The number of sulfonamides is 1. The van der Waals surface area contributed by atoms with E-state index in [4.69, 9.17) is 9.47 Å². The minimum Gasteiger partial charge on any atom is -0.491 e. The highest BCUT2D eigenvalue weighted by Crippen LogP contribution is 2.27.